The van der Waals surface area contributed by atoms with E-state index < -0.39 is 0 Å². The fraction of sp³-hybridized carbons (Fsp3) is 0.655. The molecule has 3 fully saturated rings. The molecule has 0 spiro atoms. The molecule has 3 N–H and O–H groups in total. The summed E-state index contributed by atoms with van der Waals surface area (Å²) in [4.78, 5) is 35.4. The van der Waals surface area contributed by atoms with Crippen molar-refractivity contribution in [2.24, 2.45) is 23.5 Å². The zero-order valence-electron chi connectivity index (χ0n) is 22.1. The van der Waals surface area contributed by atoms with E-state index >= 15 is 0 Å². The van der Waals surface area contributed by atoms with Crippen molar-refractivity contribution < 1.29 is 9.59 Å². The summed E-state index contributed by atoms with van der Waals surface area (Å²) < 4.78 is 0. The van der Waals surface area contributed by atoms with Crippen LogP contribution in [-0.4, -0.2) is 53.3 Å². The van der Waals surface area contributed by atoms with Crippen LogP contribution in [0.2, 0.25) is 0 Å². The van der Waals surface area contributed by atoms with E-state index in [1.807, 2.05) is 16.2 Å². The summed E-state index contributed by atoms with van der Waals surface area (Å²) in [5.74, 6) is 1.44. The SMILES string of the molecule is Cc1ccc(CN(Cc2cccs2)C2CCN(C(=O)C3CC3)[C@@H](C(=O)NCC3CCCC(CN)C3)C2)s1. The molecule has 2 aromatic rings. The second-order valence-corrected chi connectivity index (χ2v) is 13.8. The minimum absolute atomic E-state index is 0.0385. The number of nitrogens with zero attached hydrogens (tertiary/aromatic N) is 2. The van der Waals surface area contributed by atoms with E-state index in [0.717, 1.165) is 51.7 Å². The quantitative estimate of drug-likeness (QED) is 0.453. The number of thiophene rings is 2. The molecule has 3 heterocycles. The fourth-order valence-electron chi connectivity index (χ4n) is 6.21. The van der Waals surface area contributed by atoms with Gasteiger partial charge in [0.05, 0.1) is 0 Å². The lowest BCUT2D eigenvalue weighted by Crippen LogP contribution is -2.58. The largest absolute Gasteiger partial charge is 0.354 e. The Balaban J connectivity index is 1.29. The summed E-state index contributed by atoms with van der Waals surface area (Å²) in [5, 5.41) is 5.42. The van der Waals surface area contributed by atoms with Crippen molar-refractivity contribution in [2.75, 3.05) is 19.6 Å². The number of amides is 2. The Kier molecular flexibility index (Phi) is 9.01. The zero-order valence-corrected chi connectivity index (χ0v) is 23.7. The molecule has 8 heteroatoms. The van der Waals surface area contributed by atoms with E-state index in [2.05, 4.69) is 46.8 Å². The second-order valence-electron chi connectivity index (χ2n) is 11.4. The maximum Gasteiger partial charge on any atom is 0.242 e. The lowest BCUT2D eigenvalue weighted by Gasteiger charge is -2.43. The topological polar surface area (TPSA) is 78.7 Å². The van der Waals surface area contributed by atoms with E-state index in [1.165, 1.54) is 27.5 Å². The molecule has 37 heavy (non-hydrogen) atoms. The van der Waals surface area contributed by atoms with Crippen LogP contribution in [-0.2, 0) is 22.7 Å². The van der Waals surface area contributed by atoms with E-state index in [1.54, 1.807) is 11.3 Å². The summed E-state index contributed by atoms with van der Waals surface area (Å²) in [6.45, 7) is 6.03. The average molecular weight is 543 g/mol. The highest BCUT2D eigenvalue weighted by molar-refractivity contribution is 7.11. The predicted octanol–water partition coefficient (Wildman–Crippen LogP) is 4.77. The van der Waals surface area contributed by atoms with Gasteiger partial charge in [-0.2, -0.15) is 0 Å². The van der Waals surface area contributed by atoms with Gasteiger partial charge in [0.15, 0.2) is 0 Å². The molecular formula is C29H42N4O2S2. The molecule has 0 radical (unpaired) electrons. The van der Waals surface area contributed by atoms with Crippen molar-refractivity contribution in [3.8, 4) is 0 Å². The third-order valence-corrected chi connectivity index (χ3v) is 10.3. The number of nitrogens with two attached hydrogens (primary N) is 1. The Labute approximate surface area is 229 Å². The molecule has 3 aliphatic rings. The summed E-state index contributed by atoms with van der Waals surface area (Å²) in [6, 6.07) is 8.62. The first-order valence-corrected chi connectivity index (χ1v) is 15.8. The van der Waals surface area contributed by atoms with Gasteiger partial charge in [0.2, 0.25) is 11.8 Å². The molecule has 3 unspecified atom stereocenters. The van der Waals surface area contributed by atoms with Gasteiger partial charge in [-0.1, -0.05) is 12.5 Å². The molecule has 4 atom stereocenters. The Morgan fingerprint density at radius 2 is 1.86 bits per heavy atom. The second kappa shape index (κ2) is 12.4. The number of carbonyl (C=O) groups excluding carboxylic acids is 2. The molecule has 2 aliphatic carbocycles. The lowest BCUT2D eigenvalue weighted by molar-refractivity contribution is -0.145. The van der Waals surface area contributed by atoms with Crippen LogP contribution in [0.4, 0.5) is 0 Å². The van der Waals surface area contributed by atoms with Crippen LogP contribution in [0.1, 0.15) is 66.0 Å². The van der Waals surface area contributed by atoms with Gasteiger partial charge in [0.25, 0.3) is 0 Å². The Bertz CT molecular complexity index is 1030. The molecular weight excluding hydrogens is 500 g/mol. The van der Waals surface area contributed by atoms with E-state index in [0.29, 0.717) is 31.3 Å². The molecule has 1 saturated heterocycles. The molecule has 2 amide bonds. The summed E-state index contributed by atoms with van der Waals surface area (Å²) >= 11 is 3.64. The lowest BCUT2D eigenvalue weighted by atomic mass is 9.81. The minimum Gasteiger partial charge on any atom is -0.354 e. The van der Waals surface area contributed by atoms with Crippen LogP contribution < -0.4 is 11.1 Å². The number of rotatable bonds is 10. The van der Waals surface area contributed by atoms with E-state index in [-0.39, 0.29) is 29.8 Å². The minimum atomic E-state index is -0.378. The highest BCUT2D eigenvalue weighted by Gasteiger charge is 2.43. The van der Waals surface area contributed by atoms with Crippen molar-refractivity contribution in [1.29, 1.82) is 0 Å². The van der Waals surface area contributed by atoms with Crippen molar-refractivity contribution in [3.63, 3.8) is 0 Å². The Morgan fingerprint density at radius 1 is 1.05 bits per heavy atom. The maximum absolute atomic E-state index is 13.7. The van der Waals surface area contributed by atoms with Gasteiger partial charge in [-0.25, -0.2) is 0 Å². The van der Waals surface area contributed by atoms with Crippen molar-refractivity contribution in [2.45, 2.75) is 83.5 Å². The monoisotopic (exact) mass is 542 g/mol. The number of hydrogen-bond acceptors (Lipinski definition) is 6. The predicted molar refractivity (Wildman–Crippen MR) is 151 cm³/mol. The van der Waals surface area contributed by atoms with Gasteiger partial charge < -0.3 is 16.0 Å². The number of nitrogens with one attached hydrogen (secondary N) is 1. The van der Waals surface area contributed by atoms with Crippen LogP contribution in [0, 0.1) is 24.7 Å². The van der Waals surface area contributed by atoms with Crippen LogP contribution in [0.15, 0.2) is 29.6 Å². The number of aryl methyl sites for hydroxylation is 1. The third kappa shape index (κ3) is 7.02. The number of hydrogen-bond donors (Lipinski definition) is 2. The molecule has 5 rings (SSSR count). The van der Waals surface area contributed by atoms with Crippen molar-refractivity contribution in [3.05, 3.63) is 44.3 Å². The van der Waals surface area contributed by atoms with Gasteiger partial charge in [-0.15, -0.1) is 22.7 Å². The highest BCUT2D eigenvalue weighted by atomic mass is 32.1. The van der Waals surface area contributed by atoms with Gasteiger partial charge in [-0.05, 0) is 93.8 Å². The normalized spacial score (nSPS) is 26.4. The molecule has 202 valence electrons. The number of piperidine rings is 1. The average Bonchev–Trinajstić information content (AvgIpc) is 3.50. The smallest absolute Gasteiger partial charge is 0.242 e. The van der Waals surface area contributed by atoms with Crippen molar-refractivity contribution in [1.82, 2.24) is 15.1 Å². The van der Waals surface area contributed by atoms with Gasteiger partial charge in [0.1, 0.15) is 6.04 Å². The molecule has 0 aromatic carbocycles. The standard InChI is InChI=1S/C29H42N4O2S2/c1-20-7-10-26(37-20)19-32(18-25-6-3-13-36-25)24-11-12-33(29(35)23-8-9-23)27(15-24)28(34)31-17-22-5-2-4-21(14-22)16-30/h3,6-7,10,13,21-24,27H,2,4-5,8-9,11-12,14-19,30H2,1H3,(H,31,34)/t21?,22?,24?,27-/m1/s1. The van der Waals surface area contributed by atoms with Crippen LogP contribution >= 0.6 is 22.7 Å². The summed E-state index contributed by atoms with van der Waals surface area (Å²) in [7, 11) is 0. The molecule has 0 bridgehead atoms. The third-order valence-electron chi connectivity index (χ3n) is 8.49. The Hall–Kier alpha value is -1.74. The van der Waals surface area contributed by atoms with Gasteiger partial charge >= 0.3 is 0 Å². The first-order chi connectivity index (χ1) is 18.0. The highest BCUT2D eigenvalue weighted by Crippen LogP contribution is 2.35. The molecule has 6 nitrogen and oxygen atoms in total. The molecule has 1 aliphatic heterocycles. The maximum atomic E-state index is 13.7. The zero-order chi connectivity index (χ0) is 25.8. The molecule has 2 saturated carbocycles. The van der Waals surface area contributed by atoms with Crippen LogP contribution in [0.25, 0.3) is 0 Å². The van der Waals surface area contributed by atoms with Gasteiger partial charge in [0, 0.05) is 52.8 Å². The summed E-state index contributed by atoms with van der Waals surface area (Å²) in [5.41, 5.74) is 5.94. The van der Waals surface area contributed by atoms with Crippen molar-refractivity contribution >= 4 is 34.5 Å². The first kappa shape index (κ1) is 26.9. The Morgan fingerprint density at radius 3 is 2.57 bits per heavy atom. The first-order valence-electron chi connectivity index (χ1n) is 14.1. The van der Waals surface area contributed by atoms with Crippen LogP contribution in [0.5, 0.6) is 0 Å². The number of carbonyl (C=O) groups is 2. The fourth-order valence-corrected chi connectivity index (χ4v) is 7.85. The van der Waals surface area contributed by atoms with Gasteiger partial charge in [-0.3, -0.25) is 14.5 Å². The molecule has 2 aromatic heterocycles. The van der Waals surface area contributed by atoms with E-state index in [4.69, 9.17) is 5.73 Å². The van der Waals surface area contributed by atoms with E-state index in [9.17, 15) is 9.59 Å². The number of likely N-dealkylation sites (tertiary alicyclic amines) is 1. The van der Waals surface area contributed by atoms with Crippen LogP contribution in [0.3, 0.4) is 0 Å². The summed E-state index contributed by atoms with van der Waals surface area (Å²) in [6.07, 6.45) is 8.22.